The molecule has 0 bridgehead atoms. The Morgan fingerprint density at radius 3 is 2.79 bits per heavy atom. The van der Waals surface area contributed by atoms with Crippen molar-refractivity contribution in [1.29, 1.82) is 0 Å². The van der Waals surface area contributed by atoms with Crippen molar-refractivity contribution in [2.75, 3.05) is 24.2 Å². The lowest BCUT2D eigenvalue weighted by Gasteiger charge is -2.09. The minimum Gasteiger partial charge on any atom is -0.369 e. The van der Waals surface area contributed by atoms with Gasteiger partial charge in [0, 0.05) is 18.1 Å². The first-order chi connectivity index (χ1) is 14.1. The number of nitrogens with zero attached hydrogens (tertiary/aromatic N) is 4. The number of carbonyl (C=O) groups excluding carboxylic acids is 1. The maximum Gasteiger partial charge on any atom is 0.224 e. The molecule has 2 N–H and O–H groups in total. The number of halogens is 1. The molecule has 0 saturated heterocycles. The van der Waals surface area contributed by atoms with Crippen LogP contribution in [0, 0.1) is 0 Å². The topological polar surface area (TPSA) is 84.7 Å². The van der Waals surface area contributed by atoms with Crippen molar-refractivity contribution < 1.29 is 4.79 Å². The second-order valence-electron chi connectivity index (χ2n) is 6.44. The van der Waals surface area contributed by atoms with Crippen molar-refractivity contribution in [2.24, 2.45) is 0 Å². The predicted octanol–water partition coefficient (Wildman–Crippen LogP) is 3.77. The molecule has 154 valence electrons. The zero-order chi connectivity index (χ0) is 20.6. The van der Waals surface area contributed by atoms with Gasteiger partial charge in [0.25, 0.3) is 0 Å². The minimum absolute atomic E-state index is 0.0725. The van der Waals surface area contributed by atoms with Gasteiger partial charge in [-0.2, -0.15) is 5.10 Å². The second-order valence-corrected chi connectivity index (χ2v) is 8.08. The SMILES string of the molecule is CCCNc1nc(SCC)nc2c1cnn2CCNC(=O)Cc1ccccc1Cl. The van der Waals surface area contributed by atoms with Crippen LogP contribution in [0.15, 0.2) is 35.6 Å². The maximum absolute atomic E-state index is 12.2. The van der Waals surface area contributed by atoms with E-state index in [2.05, 4.69) is 39.5 Å². The van der Waals surface area contributed by atoms with E-state index in [1.165, 1.54) is 0 Å². The number of anilines is 1. The first-order valence-electron chi connectivity index (χ1n) is 9.72. The van der Waals surface area contributed by atoms with E-state index in [0.717, 1.165) is 46.3 Å². The Hall–Kier alpha value is -2.32. The molecular formula is C20H25ClN6OS. The molecule has 9 heteroatoms. The molecule has 2 heterocycles. The number of benzene rings is 1. The van der Waals surface area contributed by atoms with Gasteiger partial charge >= 0.3 is 0 Å². The first kappa shape index (κ1) is 21.4. The lowest BCUT2D eigenvalue weighted by atomic mass is 10.1. The predicted molar refractivity (Wildman–Crippen MR) is 119 cm³/mol. The third kappa shape index (κ3) is 5.61. The van der Waals surface area contributed by atoms with Gasteiger partial charge in [0.05, 0.1) is 24.5 Å². The highest BCUT2D eigenvalue weighted by Crippen LogP contribution is 2.24. The smallest absolute Gasteiger partial charge is 0.224 e. The van der Waals surface area contributed by atoms with Crippen LogP contribution in [0.1, 0.15) is 25.8 Å². The van der Waals surface area contributed by atoms with E-state index in [9.17, 15) is 4.79 Å². The number of thioether (sulfide) groups is 1. The van der Waals surface area contributed by atoms with Crippen molar-refractivity contribution in [1.82, 2.24) is 25.1 Å². The fraction of sp³-hybridized carbons (Fsp3) is 0.400. The summed E-state index contributed by atoms with van der Waals surface area (Å²) in [5, 5.41) is 13.0. The summed E-state index contributed by atoms with van der Waals surface area (Å²) < 4.78 is 1.81. The lowest BCUT2D eigenvalue weighted by molar-refractivity contribution is -0.120. The molecule has 7 nitrogen and oxygen atoms in total. The van der Waals surface area contributed by atoms with E-state index in [1.807, 2.05) is 22.9 Å². The van der Waals surface area contributed by atoms with Gasteiger partial charge in [-0.3, -0.25) is 4.79 Å². The fourth-order valence-corrected chi connectivity index (χ4v) is 3.62. The molecule has 0 unspecified atom stereocenters. The Kier molecular flexibility index (Phi) is 7.71. The molecule has 0 atom stereocenters. The van der Waals surface area contributed by atoms with Crippen molar-refractivity contribution in [3.05, 3.63) is 41.0 Å². The minimum atomic E-state index is -0.0725. The largest absolute Gasteiger partial charge is 0.369 e. The van der Waals surface area contributed by atoms with E-state index in [0.29, 0.717) is 18.1 Å². The molecular weight excluding hydrogens is 408 g/mol. The van der Waals surface area contributed by atoms with E-state index in [1.54, 1.807) is 24.0 Å². The normalized spacial score (nSPS) is 11.0. The molecule has 0 aliphatic carbocycles. The van der Waals surface area contributed by atoms with E-state index < -0.39 is 0 Å². The number of hydrogen-bond donors (Lipinski definition) is 2. The second kappa shape index (κ2) is 10.5. The molecule has 2 aromatic heterocycles. The summed E-state index contributed by atoms with van der Waals surface area (Å²) in [5.41, 5.74) is 1.59. The summed E-state index contributed by atoms with van der Waals surface area (Å²) in [6.45, 7) is 6.01. The van der Waals surface area contributed by atoms with Crippen LogP contribution in [0.25, 0.3) is 11.0 Å². The average Bonchev–Trinajstić information content (AvgIpc) is 3.11. The van der Waals surface area contributed by atoms with Crippen LogP contribution in [-0.4, -0.2) is 44.5 Å². The summed E-state index contributed by atoms with van der Waals surface area (Å²) in [6, 6.07) is 7.37. The van der Waals surface area contributed by atoms with Gasteiger partial charge in [-0.25, -0.2) is 14.6 Å². The maximum atomic E-state index is 12.2. The Morgan fingerprint density at radius 1 is 1.21 bits per heavy atom. The Balaban J connectivity index is 1.67. The van der Waals surface area contributed by atoms with Crippen LogP contribution in [0.5, 0.6) is 0 Å². The highest BCUT2D eigenvalue weighted by Gasteiger charge is 2.13. The lowest BCUT2D eigenvalue weighted by Crippen LogP contribution is -2.29. The number of amides is 1. The number of fused-ring (bicyclic) bond motifs is 1. The number of aromatic nitrogens is 4. The van der Waals surface area contributed by atoms with Crippen molar-refractivity contribution in [2.45, 2.75) is 38.4 Å². The van der Waals surface area contributed by atoms with Crippen molar-refractivity contribution in [3.63, 3.8) is 0 Å². The van der Waals surface area contributed by atoms with Crippen LogP contribution < -0.4 is 10.6 Å². The van der Waals surface area contributed by atoms with E-state index >= 15 is 0 Å². The standard InChI is InChI=1S/C20H25ClN6OS/c1-3-9-23-18-15-13-24-27(19(15)26-20(25-18)29-4-2)11-10-22-17(28)12-14-7-5-6-8-16(14)21/h5-8,13H,3-4,9-12H2,1-2H3,(H,22,28)(H,23,25,26). The van der Waals surface area contributed by atoms with Crippen molar-refractivity contribution >= 4 is 46.1 Å². The van der Waals surface area contributed by atoms with Crippen LogP contribution in [-0.2, 0) is 17.8 Å². The van der Waals surface area contributed by atoms with Gasteiger partial charge in [0.1, 0.15) is 5.82 Å². The summed E-state index contributed by atoms with van der Waals surface area (Å²) >= 11 is 7.72. The van der Waals surface area contributed by atoms with Gasteiger partial charge in [-0.05, 0) is 23.8 Å². The molecule has 29 heavy (non-hydrogen) atoms. The average molecular weight is 433 g/mol. The monoisotopic (exact) mass is 432 g/mol. The molecule has 1 aromatic carbocycles. The molecule has 0 spiro atoms. The molecule has 0 aliphatic rings. The third-order valence-corrected chi connectivity index (χ3v) is 5.34. The first-order valence-corrected chi connectivity index (χ1v) is 11.1. The number of hydrogen-bond acceptors (Lipinski definition) is 6. The van der Waals surface area contributed by atoms with E-state index in [-0.39, 0.29) is 12.3 Å². The zero-order valence-electron chi connectivity index (χ0n) is 16.6. The third-order valence-electron chi connectivity index (χ3n) is 4.25. The molecule has 3 aromatic rings. The number of rotatable bonds is 10. The molecule has 3 rings (SSSR count). The van der Waals surface area contributed by atoms with Gasteiger partial charge < -0.3 is 10.6 Å². The molecule has 1 amide bonds. The highest BCUT2D eigenvalue weighted by atomic mass is 35.5. The Labute approximate surface area is 179 Å². The molecule has 0 fully saturated rings. The summed E-state index contributed by atoms with van der Waals surface area (Å²) in [6.07, 6.45) is 3.04. The van der Waals surface area contributed by atoms with Crippen LogP contribution in [0.2, 0.25) is 5.02 Å². The van der Waals surface area contributed by atoms with Gasteiger partial charge in [0.15, 0.2) is 10.8 Å². The fourth-order valence-electron chi connectivity index (χ4n) is 2.85. The molecule has 0 saturated carbocycles. The number of carbonyl (C=O) groups is 1. The Bertz CT molecular complexity index is 977. The van der Waals surface area contributed by atoms with Gasteiger partial charge in [0.2, 0.25) is 5.91 Å². The van der Waals surface area contributed by atoms with Gasteiger partial charge in [-0.15, -0.1) is 0 Å². The van der Waals surface area contributed by atoms with Crippen molar-refractivity contribution in [3.8, 4) is 0 Å². The van der Waals surface area contributed by atoms with Crippen LogP contribution >= 0.6 is 23.4 Å². The van der Waals surface area contributed by atoms with Crippen LogP contribution in [0.4, 0.5) is 5.82 Å². The quantitative estimate of drug-likeness (QED) is 0.374. The summed E-state index contributed by atoms with van der Waals surface area (Å²) in [5.74, 6) is 1.63. The summed E-state index contributed by atoms with van der Waals surface area (Å²) in [4.78, 5) is 21.5. The molecule has 0 aliphatic heterocycles. The summed E-state index contributed by atoms with van der Waals surface area (Å²) in [7, 11) is 0. The number of nitrogens with one attached hydrogen (secondary N) is 2. The van der Waals surface area contributed by atoms with E-state index in [4.69, 9.17) is 11.6 Å². The molecule has 0 radical (unpaired) electrons. The Morgan fingerprint density at radius 2 is 2.03 bits per heavy atom. The van der Waals surface area contributed by atoms with Crippen LogP contribution in [0.3, 0.4) is 0 Å². The highest BCUT2D eigenvalue weighted by molar-refractivity contribution is 7.99. The van der Waals surface area contributed by atoms with Gasteiger partial charge in [-0.1, -0.05) is 55.4 Å². The zero-order valence-corrected chi connectivity index (χ0v) is 18.2.